The summed E-state index contributed by atoms with van der Waals surface area (Å²) in [5, 5.41) is 1.49. The van der Waals surface area contributed by atoms with Crippen molar-refractivity contribution in [3.63, 3.8) is 0 Å². The Morgan fingerprint density at radius 2 is 2.20 bits per heavy atom. The van der Waals surface area contributed by atoms with Crippen LogP contribution in [0.2, 0.25) is 0 Å². The molecule has 0 fully saturated rings. The number of nitrogens with one attached hydrogen (secondary N) is 1. The Balaban J connectivity index is 3.40. The van der Waals surface area contributed by atoms with E-state index in [-0.39, 0.29) is 0 Å². The van der Waals surface area contributed by atoms with Crippen LogP contribution in [0.15, 0.2) is 0 Å². The van der Waals surface area contributed by atoms with Gasteiger partial charge in [0, 0.05) is 0 Å². The van der Waals surface area contributed by atoms with E-state index in [1.807, 2.05) is 5.32 Å². The summed E-state index contributed by atoms with van der Waals surface area (Å²) in [6.45, 7) is 0.924. The Bertz CT molecular complexity index is 118. The van der Waals surface area contributed by atoms with Gasteiger partial charge in [-0.2, -0.15) is 12.6 Å². The fourth-order valence-electron chi connectivity index (χ4n) is 0.325. The number of carbonyl (C=O) groups excluding carboxylic acids is 1. The van der Waals surface area contributed by atoms with Gasteiger partial charge in [-0.15, -0.1) is 0 Å². The van der Waals surface area contributed by atoms with Gasteiger partial charge >= 0.3 is 0 Å². The van der Waals surface area contributed by atoms with Crippen molar-refractivity contribution in [3.05, 3.63) is 0 Å². The first-order valence-corrected chi connectivity index (χ1v) is 3.29. The maximum Gasteiger partial charge on any atom is 0.255 e. The van der Waals surface area contributed by atoms with Gasteiger partial charge in [0.2, 0.25) is 5.91 Å². The van der Waals surface area contributed by atoms with Crippen molar-refractivity contribution in [2.24, 2.45) is 0 Å². The normalized spacial score (nSPS) is 13.3. The summed E-state index contributed by atoms with van der Waals surface area (Å²) < 4.78 is 22.8. The summed E-state index contributed by atoms with van der Waals surface area (Å²) in [6, 6.07) is 0. The lowest BCUT2D eigenvalue weighted by Crippen LogP contribution is -2.33. The molecule has 0 saturated carbocycles. The van der Waals surface area contributed by atoms with Crippen molar-refractivity contribution in [2.45, 2.75) is 18.6 Å². The minimum Gasteiger partial charge on any atom is -0.349 e. The third-order valence-corrected chi connectivity index (χ3v) is 1.04. The second kappa shape index (κ2) is 4.49. The molecule has 0 rings (SSSR count). The average Bonchev–Trinajstić information content (AvgIpc) is 1.82. The monoisotopic (exact) mass is 169 g/mol. The van der Waals surface area contributed by atoms with E-state index in [2.05, 4.69) is 12.6 Å². The average molecular weight is 169 g/mol. The van der Waals surface area contributed by atoms with Gasteiger partial charge in [0.05, 0.1) is 11.8 Å². The smallest absolute Gasteiger partial charge is 0.255 e. The largest absolute Gasteiger partial charge is 0.349 e. The predicted octanol–water partition coefficient (Wildman–Crippen LogP) is 0.686. The van der Waals surface area contributed by atoms with Crippen LogP contribution in [-0.4, -0.2) is 24.1 Å². The van der Waals surface area contributed by atoms with Crippen LogP contribution in [0.4, 0.5) is 8.78 Å². The second-order valence-corrected chi connectivity index (χ2v) is 2.59. The zero-order chi connectivity index (χ0) is 8.15. The maximum absolute atomic E-state index is 11.4. The number of carbonyl (C=O) groups is 1. The number of thiol groups is 1. The van der Waals surface area contributed by atoms with Crippen LogP contribution in [0.1, 0.15) is 6.92 Å². The Morgan fingerprint density at radius 1 is 1.70 bits per heavy atom. The van der Waals surface area contributed by atoms with Gasteiger partial charge in [0.1, 0.15) is 0 Å². The highest BCUT2D eigenvalue weighted by molar-refractivity contribution is 7.81. The molecule has 2 nitrogen and oxygen atoms in total. The van der Waals surface area contributed by atoms with Crippen LogP contribution in [0.3, 0.4) is 0 Å². The first-order valence-electron chi connectivity index (χ1n) is 2.78. The molecule has 10 heavy (non-hydrogen) atoms. The third-order valence-electron chi connectivity index (χ3n) is 0.810. The van der Waals surface area contributed by atoms with Crippen molar-refractivity contribution < 1.29 is 13.6 Å². The molecule has 0 radical (unpaired) electrons. The lowest BCUT2D eigenvalue weighted by atomic mass is 10.4. The Morgan fingerprint density at radius 3 is 2.50 bits per heavy atom. The number of alkyl halides is 2. The van der Waals surface area contributed by atoms with Crippen LogP contribution in [0.25, 0.3) is 0 Å². The minimum absolute atomic E-state index is 0.469. The standard InChI is InChI=1S/C5H9F2NOS/c1-3(10)5(9)8-2-4(6)7/h3-4,10H,2H2,1H3,(H,8,9). The molecule has 1 N–H and O–H groups in total. The fraction of sp³-hybridized carbons (Fsp3) is 0.800. The number of amides is 1. The van der Waals surface area contributed by atoms with Gasteiger partial charge in [0.15, 0.2) is 0 Å². The molecule has 0 heterocycles. The summed E-state index contributed by atoms with van der Waals surface area (Å²) in [7, 11) is 0. The fourth-order valence-corrected chi connectivity index (χ4v) is 0.417. The lowest BCUT2D eigenvalue weighted by Gasteiger charge is -2.04. The van der Waals surface area contributed by atoms with Crippen LogP contribution < -0.4 is 5.32 Å². The zero-order valence-corrected chi connectivity index (χ0v) is 6.37. The molecule has 1 unspecified atom stereocenters. The van der Waals surface area contributed by atoms with E-state index in [0.29, 0.717) is 0 Å². The highest BCUT2D eigenvalue weighted by Crippen LogP contribution is 1.93. The lowest BCUT2D eigenvalue weighted by molar-refractivity contribution is -0.120. The number of halogens is 2. The van der Waals surface area contributed by atoms with Crippen LogP contribution in [0.5, 0.6) is 0 Å². The quantitative estimate of drug-likeness (QED) is 0.598. The van der Waals surface area contributed by atoms with Crippen molar-refractivity contribution in [2.75, 3.05) is 6.54 Å². The molecule has 5 heteroatoms. The molecule has 0 spiro atoms. The van der Waals surface area contributed by atoms with Crippen LogP contribution in [0, 0.1) is 0 Å². The summed E-state index contributed by atoms with van der Waals surface area (Å²) in [6.07, 6.45) is -2.49. The molecule has 1 atom stereocenters. The zero-order valence-electron chi connectivity index (χ0n) is 5.47. The molecule has 0 aromatic heterocycles. The van der Waals surface area contributed by atoms with E-state index in [9.17, 15) is 13.6 Å². The van der Waals surface area contributed by atoms with Crippen molar-refractivity contribution in [1.82, 2.24) is 5.32 Å². The van der Waals surface area contributed by atoms with Crippen LogP contribution >= 0.6 is 12.6 Å². The second-order valence-electron chi connectivity index (χ2n) is 1.81. The highest BCUT2D eigenvalue weighted by Gasteiger charge is 2.09. The van der Waals surface area contributed by atoms with Gasteiger partial charge in [-0.1, -0.05) is 0 Å². The van der Waals surface area contributed by atoms with E-state index in [1.165, 1.54) is 6.92 Å². The molecule has 0 aliphatic rings. The molecule has 0 aliphatic carbocycles. The van der Waals surface area contributed by atoms with Crippen molar-refractivity contribution in [1.29, 1.82) is 0 Å². The third kappa shape index (κ3) is 4.55. The molecule has 1 amide bonds. The molecule has 0 aromatic rings. The molecule has 0 bridgehead atoms. The van der Waals surface area contributed by atoms with Gasteiger partial charge in [-0.05, 0) is 6.92 Å². The Hall–Kier alpha value is -0.320. The highest BCUT2D eigenvalue weighted by atomic mass is 32.1. The predicted molar refractivity (Wildman–Crippen MR) is 37.5 cm³/mol. The molecular weight excluding hydrogens is 160 g/mol. The molecule has 60 valence electrons. The first-order chi connectivity index (χ1) is 4.54. The molecular formula is C5H9F2NOS. The summed E-state index contributed by atoms with van der Waals surface area (Å²) in [5.41, 5.74) is 0. The van der Waals surface area contributed by atoms with E-state index in [1.54, 1.807) is 0 Å². The molecule has 0 aromatic carbocycles. The van der Waals surface area contributed by atoms with E-state index in [0.717, 1.165) is 0 Å². The summed E-state index contributed by atoms with van der Waals surface area (Å²) in [4.78, 5) is 10.5. The molecule has 0 saturated heterocycles. The van der Waals surface area contributed by atoms with Gasteiger partial charge in [0.25, 0.3) is 6.43 Å². The maximum atomic E-state index is 11.4. The number of rotatable bonds is 3. The summed E-state index contributed by atoms with van der Waals surface area (Å²) >= 11 is 3.74. The van der Waals surface area contributed by atoms with Crippen molar-refractivity contribution >= 4 is 18.5 Å². The van der Waals surface area contributed by atoms with Crippen LogP contribution in [-0.2, 0) is 4.79 Å². The first kappa shape index (κ1) is 9.68. The summed E-state index contributed by atoms with van der Waals surface area (Å²) in [5.74, 6) is -0.469. The van der Waals surface area contributed by atoms with Gasteiger partial charge in [-0.25, -0.2) is 8.78 Å². The Kier molecular flexibility index (Phi) is 4.34. The Labute approximate surface area is 63.4 Å². The topological polar surface area (TPSA) is 29.1 Å². The molecule has 0 aliphatic heterocycles. The van der Waals surface area contributed by atoms with Crippen molar-refractivity contribution in [3.8, 4) is 0 Å². The number of hydrogen-bond donors (Lipinski definition) is 2. The van der Waals surface area contributed by atoms with E-state index >= 15 is 0 Å². The minimum atomic E-state index is -2.49. The van der Waals surface area contributed by atoms with E-state index in [4.69, 9.17) is 0 Å². The number of hydrogen-bond acceptors (Lipinski definition) is 2. The van der Waals surface area contributed by atoms with E-state index < -0.39 is 24.1 Å². The van der Waals surface area contributed by atoms with Gasteiger partial charge < -0.3 is 5.32 Å². The van der Waals surface area contributed by atoms with Gasteiger partial charge in [-0.3, -0.25) is 4.79 Å². The SMILES string of the molecule is CC(S)C(=O)NCC(F)F.